The molecule has 1 atom stereocenters. The molecule has 0 aliphatic heterocycles. The summed E-state index contributed by atoms with van der Waals surface area (Å²) in [4.78, 5) is 11.7. The first-order valence-electron chi connectivity index (χ1n) is 7.69. The molecule has 138 valence electrons. The molecule has 2 N–H and O–H groups in total. The first-order valence-corrected chi connectivity index (χ1v) is 9.13. The highest BCUT2D eigenvalue weighted by molar-refractivity contribution is 7.89. The fourth-order valence-corrected chi connectivity index (χ4v) is 3.13. The van der Waals surface area contributed by atoms with Crippen molar-refractivity contribution in [3.05, 3.63) is 29.8 Å². The average molecular weight is 379 g/mol. The molecule has 0 heterocycles. The number of sulfonamides is 1. The third-order valence-electron chi connectivity index (χ3n) is 3.71. The largest absolute Gasteiger partial charge is 0.462 e. The fraction of sp³-hybridized carbons (Fsp3) is 0.562. The lowest BCUT2D eigenvalue weighted by atomic mass is 10.0. The maximum atomic E-state index is 12.5. The lowest BCUT2D eigenvalue weighted by Gasteiger charge is -2.21. The molecule has 0 saturated heterocycles. The van der Waals surface area contributed by atoms with Gasteiger partial charge in [-0.2, -0.15) is 0 Å². The van der Waals surface area contributed by atoms with Crippen LogP contribution in [-0.2, 0) is 14.8 Å². The Morgan fingerprint density at radius 3 is 2.25 bits per heavy atom. The second-order valence-corrected chi connectivity index (χ2v) is 7.81. The molecule has 0 fully saturated rings. The number of carbonyl (C=O) groups excluding carboxylic acids is 1. The number of carbonyl (C=O) groups is 1. The van der Waals surface area contributed by atoms with Gasteiger partial charge in [-0.1, -0.05) is 13.8 Å². The van der Waals surface area contributed by atoms with E-state index in [1.807, 2.05) is 13.8 Å². The molecule has 24 heavy (non-hydrogen) atoms. The van der Waals surface area contributed by atoms with Gasteiger partial charge in [0.25, 0.3) is 0 Å². The quantitative estimate of drug-likeness (QED) is 0.701. The summed E-state index contributed by atoms with van der Waals surface area (Å²) in [7, 11) is -2.06. The number of esters is 1. The first kappa shape index (κ1) is 22.9. The average Bonchev–Trinajstić information content (AvgIpc) is 2.52. The predicted molar refractivity (Wildman–Crippen MR) is 96.9 cm³/mol. The Hall–Kier alpha value is -1.15. The van der Waals surface area contributed by atoms with E-state index in [4.69, 9.17) is 10.5 Å². The fourth-order valence-electron chi connectivity index (χ4n) is 1.94. The second-order valence-electron chi connectivity index (χ2n) is 5.77. The standard InChI is InChI=1S/C16H26N2O4S.ClH/c1-5-22-16(19)13-6-8-14(9-7-13)23(20,21)18(4)11-10-15(17)12(2)3;/h6-9,12,15H,5,10-11,17H2,1-4H3;1H. The number of rotatable bonds is 8. The van der Waals surface area contributed by atoms with Crippen LogP contribution in [0.2, 0.25) is 0 Å². The Kier molecular flexibility index (Phi) is 9.50. The monoisotopic (exact) mass is 378 g/mol. The van der Waals surface area contributed by atoms with Crippen LogP contribution in [0.25, 0.3) is 0 Å². The maximum Gasteiger partial charge on any atom is 0.338 e. The SMILES string of the molecule is CCOC(=O)c1ccc(S(=O)(=O)N(C)CCC(N)C(C)C)cc1.Cl. The van der Waals surface area contributed by atoms with Gasteiger partial charge in [0.2, 0.25) is 10.0 Å². The number of hydrogen-bond acceptors (Lipinski definition) is 5. The van der Waals surface area contributed by atoms with E-state index in [9.17, 15) is 13.2 Å². The number of halogens is 1. The number of nitrogens with zero attached hydrogens (tertiary/aromatic N) is 1. The van der Waals surface area contributed by atoms with Crippen molar-refractivity contribution in [1.29, 1.82) is 0 Å². The van der Waals surface area contributed by atoms with Crippen molar-refractivity contribution >= 4 is 28.4 Å². The van der Waals surface area contributed by atoms with Crippen LogP contribution < -0.4 is 5.73 Å². The zero-order valence-electron chi connectivity index (χ0n) is 14.6. The van der Waals surface area contributed by atoms with E-state index in [1.165, 1.54) is 35.6 Å². The molecule has 0 spiro atoms. The third-order valence-corrected chi connectivity index (χ3v) is 5.58. The summed E-state index contributed by atoms with van der Waals surface area (Å²) in [6.45, 7) is 6.35. The van der Waals surface area contributed by atoms with Crippen LogP contribution in [0, 0.1) is 5.92 Å². The Morgan fingerprint density at radius 1 is 1.25 bits per heavy atom. The second kappa shape index (κ2) is 9.98. The van der Waals surface area contributed by atoms with E-state index in [2.05, 4.69) is 0 Å². The van der Waals surface area contributed by atoms with Gasteiger partial charge in [0.15, 0.2) is 0 Å². The molecule has 0 saturated carbocycles. The van der Waals surface area contributed by atoms with E-state index in [0.29, 0.717) is 24.4 Å². The molecule has 1 rings (SSSR count). The van der Waals surface area contributed by atoms with Crippen LogP contribution in [-0.4, -0.2) is 44.9 Å². The summed E-state index contributed by atoms with van der Waals surface area (Å²) in [6.07, 6.45) is 0.592. The molecule has 6 nitrogen and oxygen atoms in total. The Bertz CT molecular complexity index is 617. The minimum atomic E-state index is -3.59. The molecule has 0 bridgehead atoms. The molecule has 1 aromatic rings. The van der Waals surface area contributed by atoms with Crippen LogP contribution in [0.1, 0.15) is 37.6 Å². The van der Waals surface area contributed by atoms with Crippen LogP contribution >= 0.6 is 12.4 Å². The van der Waals surface area contributed by atoms with Gasteiger partial charge < -0.3 is 10.5 Å². The topological polar surface area (TPSA) is 89.7 Å². The van der Waals surface area contributed by atoms with Crippen LogP contribution in [0.15, 0.2) is 29.2 Å². The zero-order valence-corrected chi connectivity index (χ0v) is 16.2. The summed E-state index contributed by atoms with van der Waals surface area (Å²) >= 11 is 0. The summed E-state index contributed by atoms with van der Waals surface area (Å²) < 4.78 is 31.1. The molecule has 1 aromatic carbocycles. The summed E-state index contributed by atoms with van der Waals surface area (Å²) in [5, 5.41) is 0. The lowest BCUT2D eigenvalue weighted by Crippen LogP contribution is -2.34. The van der Waals surface area contributed by atoms with Crippen molar-refractivity contribution < 1.29 is 17.9 Å². The summed E-state index contributed by atoms with van der Waals surface area (Å²) in [5.41, 5.74) is 6.28. The highest BCUT2D eigenvalue weighted by Crippen LogP contribution is 2.17. The molecule has 8 heteroatoms. The van der Waals surface area contributed by atoms with Crippen molar-refractivity contribution in [3.63, 3.8) is 0 Å². The van der Waals surface area contributed by atoms with E-state index in [1.54, 1.807) is 6.92 Å². The molecule has 0 amide bonds. The minimum Gasteiger partial charge on any atom is -0.462 e. The van der Waals surface area contributed by atoms with Crippen molar-refractivity contribution in [1.82, 2.24) is 4.31 Å². The molecular weight excluding hydrogens is 352 g/mol. The summed E-state index contributed by atoms with van der Waals surface area (Å²) in [6, 6.07) is 5.71. The van der Waals surface area contributed by atoms with Gasteiger partial charge in [-0.05, 0) is 43.5 Å². The van der Waals surface area contributed by atoms with Crippen LogP contribution in [0.3, 0.4) is 0 Å². The van der Waals surface area contributed by atoms with Crippen molar-refractivity contribution in [2.45, 2.75) is 38.1 Å². The predicted octanol–water partition coefficient (Wildman–Crippen LogP) is 2.28. The van der Waals surface area contributed by atoms with Gasteiger partial charge in [0, 0.05) is 19.6 Å². The van der Waals surface area contributed by atoms with E-state index in [-0.39, 0.29) is 30.0 Å². The Labute approximate surface area is 150 Å². The Balaban J connectivity index is 0.00000529. The smallest absolute Gasteiger partial charge is 0.338 e. The normalized spacial score (nSPS) is 12.8. The van der Waals surface area contributed by atoms with Gasteiger partial charge in [0.1, 0.15) is 0 Å². The van der Waals surface area contributed by atoms with E-state index in [0.717, 1.165) is 0 Å². The van der Waals surface area contributed by atoms with Gasteiger partial charge in [-0.3, -0.25) is 0 Å². The Morgan fingerprint density at radius 2 is 1.79 bits per heavy atom. The van der Waals surface area contributed by atoms with Crippen molar-refractivity contribution in [2.24, 2.45) is 11.7 Å². The number of benzene rings is 1. The van der Waals surface area contributed by atoms with Gasteiger partial charge >= 0.3 is 5.97 Å². The molecule has 0 aliphatic rings. The van der Waals surface area contributed by atoms with Crippen molar-refractivity contribution in [2.75, 3.05) is 20.2 Å². The van der Waals surface area contributed by atoms with Crippen LogP contribution in [0.4, 0.5) is 0 Å². The molecule has 0 aliphatic carbocycles. The summed E-state index contributed by atoms with van der Waals surface area (Å²) in [5.74, 6) is -0.164. The molecular formula is C16H27ClN2O4S. The first-order chi connectivity index (χ1) is 10.7. The van der Waals surface area contributed by atoms with E-state index >= 15 is 0 Å². The van der Waals surface area contributed by atoms with Gasteiger partial charge in [0.05, 0.1) is 17.1 Å². The van der Waals surface area contributed by atoms with E-state index < -0.39 is 16.0 Å². The number of hydrogen-bond donors (Lipinski definition) is 1. The minimum absolute atomic E-state index is 0. The maximum absolute atomic E-state index is 12.5. The molecule has 1 unspecified atom stereocenters. The van der Waals surface area contributed by atoms with Gasteiger partial charge in [-0.15, -0.1) is 12.4 Å². The number of ether oxygens (including phenoxy) is 1. The highest BCUT2D eigenvalue weighted by Gasteiger charge is 2.22. The third kappa shape index (κ3) is 6.05. The zero-order chi connectivity index (χ0) is 17.6. The highest BCUT2D eigenvalue weighted by atomic mass is 35.5. The van der Waals surface area contributed by atoms with Crippen LogP contribution in [0.5, 0.6) is 0 Å². The number of nitrogens with two attached hydrogens (primary N) is 1. The van der Waals surface area contributed by atoms with Gasteiger partial charge in [-0.25, -0.2) is 17.5 Å². The molecule has 0 aromatic heterocycles. The lowest BCUT2D eigenvalue weighted by molar-refractivity contribution is 0.0526. The molecule has 0 radical (unpaired) electrons. The van der Waals surface area contributed by atoms with Crippen molar-refractivity contribution in [3.8, 4) is 0 Å².